The molecule has 1 amide bonds. The average molecular weight is 375 g/mol. The van der Waals surface area contributed by atoms with Gasteiger partial charge in [-0.05, 0) is 55.0 Å². The topological polar surface area (TPSA) is 57.6 Å². The van der Waals surface area contributed by atoms with E-state index in [2.05, 4.69) is 22.6 Å². The first-order valence-electron chi connectivity index (χ1n) is 6.20. The quantitative estimate of drug-likeness (QED) is 0.778. The number of amides is 1. The molecular weight excluding hydrogens is 357 g/mol. The molecule has 1 aromatic carbocycles. The van der Waals surface area contributed by atoms with Gasteiger partial charge in [-0.15, -0.1) is 0 Å². The third kappa shape index (κ3) is 4.81. The minimum atomic E-state index is -0.828. The van der Waals surface area contributed by atoms with Gasteiger partial charge < -0.3 is 10.0 Å². The number of hydrogen-bond donors (Lipinski definition) is 1. The molecule has 0 heterocycles. The minimum absolute atomic E-state index is 0.0367. The van der Waals surface area contributed by atoms with Gasteiger partial charge >= 0.3 is 5.97 Å². The number of carboxylic acids is 1. The van der Waals surface area contributed by atoms with Crippen LogP contribution in [0.2, 0.25) is 0 Å². The van der Waals surface area contributed by atoms with Crippen molar-refractivity contribution in [3.05, 3.63) is 33.4 Å². The number of carboxylic acid groups (broad SMARTS) is 1. The summed E-state index contributed by atoms with van der Waals surface area (Å²) in [5.41, 5.74) is 0.673. The van der Waals surface area contributed by atoms with Crippen LogP contribution in [0.1, 0.15) is 37.0 Å². The highest BCUT2D eigenvalue weighted by atomic mass is 127. The van der Waals surface area contributed by atoms with Gasteiger partial charge in [-0.2, -0.15) is 0 Å². The van der Waals surface area contributed by atoms with E-state index in [9.17, 15) is 9.59 Å². The Bertz CT molecular complexity index is 460. The molecule has 0 unspecified atom stereocenters. The molecule has 0 saturated heterocycles. The third-order valence-electron chi connectivity index (χ3n) is 2.78. The molecule has 19 heavy (non-hydrogen) atoms. The average Bonchev–Trinajstić information content (AvgIpc) is 2.33. The van der Waals surface area contributed by atoms with Crippen LogP contribution < -0.4 is 0 Å². The Morgan fingerprint density at radius 3 is 2.47 bits per heavy atom. The van der Waals surface area contributed by atoms with Crippen molar-refractivity contribution in [3.8, 4) is 0 Å². The molecule has 0 aliphatic heterocycles. The predicted molar refractivity (Wildman–Crippen MR) is 82.2 cm³/mol. The lowest BCUT2D eigenvalue weighted by Gasteiger charge is -2.27. The summed E-state index contributed by atoms with van der Waals surface area (Å²) in [6.07, 6.45) is 0.561. The standard InChI is InChI=1S/C14H18INO3/c1-10(2)16(9-5-8-13(17)18)14(19)11-6-3-4-7-12(11)15/h3-4,6-7,10H,5,8-9H2,1-2H3,(H,17,18). The van der Waals surface area contributed by atoms with Gasteiger partial charge in [0.25, 0.3) is 5.91 Å². The van der Waals surface area contributed by atoms with Gasteiger partial charge in [-0.3, -0.25) is 9.59 Å². The van der Waals surface area contributed by atoms with Crippen molar-refractivity contribution in [1.29, 1.82) is 0 Å². The van der Waals surface area contributed by atoms with Crippen molar-refractivity contribution in [2.24, 2.45) is 0 Å². The highest BCUT2D eigenvalue weighted by molar-refractivity contribution is 14.1. The van der Waals surface area contributed by atoms with Gasteiger partial charge in [0.1, 0.15) is 0 Å². The molecule has 5 heteroatoms. The molecule has 0 aliphatic carbocycles. The monoisotopic (exact) mass is 375 g/mol. The molecule has 104 valence electrons. The molecule has 0 aromatic heterocycles. The number of aliphatic carboxylic acids is 1. The molecule has 0 spiro atoms. The molecule has 0 fully saturated rings. The number of nitrogens with zero attached hydrogens (tertiary/aromatic N) is 1. The second-order valence-corrected chi connectivity index (χ2v) is 5.73. The van der Waals surface area contributed by atoms with E-state index in [1.165, 1.54) is 0 Å². The minimum Gasteiger partial charge on any atom is -0.481 e. The fourth-order valence-electron chi connectivity index (χ4n) is 1.78. The van der Waals surface area contributed by atoms with E-state index < -0.39 is 5.97 Å². The molecule has 1 rings (SSSR count). The van der Waals surface area contributed by atoms with Crippen LogP contribution in [-0.4, -0.2) is 34.5 Å². The summed E-state index contributed by atoms with van der Waals surface area (Å²) in [6.45, 7) is 4.34. The number of carbonyl (C=O) groups excluding carboxylic acids is 1. The molecule has 0 aliphatic rings. The predicted octanol–water partition coefficient (Wildman–Crippen LogP) is 3.01. The Morgan fingerprint density at radius 1 is 1.32 bits per heavy atom. The van der Waals surface area contributed by atoms with E-state index in [4.69, 9.17) is 5.11 Å². The number of hydrogen-bond acceptors (Lipinski definition) is 2. The zero-order chi connectivity index (χ0) is 14.4. The van der Waals surface area contributed by atoms with E-state index in [1.54, 1.807) is 11.0 Å². The molecule has 0 bridgehead atoms. The number of carbonyl (C=O) groups is 2. The van der Waals surface area contributed by atoms with Crippen LogP contribution in [-0.2, 0) is 4.79 Å². The third-order valence-corrected chi connectivity index (χ3v) is 3.72. The van der Waals surface area contributed by atoms with Gasteiger partial charge in [0.05, 0.1) is 5.56 Å². The Labute approximate surface area is 126 Å². The summed E-state index contributed by atoms with van der Waals surface area (Å²) >= 11 is 2.14. The SMILES string of the molecule is CC(C)N(CCCC(=O)O)C(=O)c1ccccc1I. The van der Waals surface area contributed by atoms with Gasteiger partial charge in [-0.25, -0.2) is 0 Å². The number of benzene rings is 1. The maximum absolute atomic E-state index is 12.5. The van der Waals surface area contributed by atoms with Gasteiger partial charge in [0, 0.05) is 22.6 Å². The van der Waals surface area contributed by atoms with E-state index in [0.29, 0.717) is 18.5 Å². The van der Waals surface area contributed by atoms with Gasteiger partial charge in [-0.1, -0.05) is 12.1 Å². The van der Waals surface area contributed by atoms with Crippen LogP contribution in [0.4, 0.5) is 0 Å². The first kappa shape index (κ1) is 15.9. The number of halogens is 1. The number of rotatable bonds is 6. The fourth-order valence-corrected chi connectivity index (χ4v) is 2.40. The second kappa shape index (κ2) is 7.47. The fraction of sp³-hybridized carbons (Fsp3) is 0.429. The molecule has 4 nitrogen and oxygen atoms in total. The van der Waals surface area contributed by atoms with Crippen molar-refractivity contribution in [1.82, 2.24) is 4.90 Å². The van der Waals surface area contributed by atoms with Gasteiger partial charge in [0.2, 0.25) is 0 Å². The summed E-state index contributed by atoms with van der Waals surface area (Å²) < 4.78 is 0.911. The van der Waals surface area contributed by atoms with Crippen LogP contribution in [0, 0.1) is 3.57 Å². The molecule has 1 N–H and O–H groups in total. The van der Waals surface area contributed by atoms with Crippen LogP contribution in [0.15, 0.2) is 24.3 Å². The zero-order valence-corrected chi connectivity index (χ0v) is 13.3. The smallest absolute Gasteiger partial charge is 0.303 e. The highest BCUT2D eigenvalue weighted by Crippen LogP contribution is 2.16. The Morgan fingerprint density at radius 2 is 1.95 bits per heavy atom. The summed E-state index contributed by atoms with van der Waals surface area (Å²) in [5, 5.41) is 8.66. The first-order valence-corrected chi connectivity index (χ1v) is 7.28. The van der Waals surface area contributed by atoms with Crippen LogP contribution in [0.3, 0.4) is 0 Å². The molecule has 0 saturated carbocycles. The summed E-state index contributed by atoms with van der Waals surface area (Å²) in [4.78, 5) is 24.7. The van der Waals surface area contributed by atoms with Crippen molar-refractivity contribution < 1.29 is 14.7 Å². The molecule has 0 atom stereocenters. The van der Waals surface area contributed by atoms with Crippen LogP contribution in [0.5, 0.6) is 0 Å². The summed E-state index contributed by atoms with van der Waals surface area (Å²) in [5.74, 6) is -0.865. The van der Waals surface area contributed by atoms with E-state index >= 15 is 0 Å². The van der Waals surface area contributed by atoms with Crippen LogP contribution >= 0.6 is 22.6 Å². The second-order valence-electron chi connectivity index (χ2n) is 4.57. The largest absolute Gasteiger partial charge is 0.481 e. The van der Waals surface area contributed by atoms with Crippen molar-refractivity contribution in [2.75, 3.05) is 6.54 Å². The van der Waals surface area contributed by atoms with Gasteiger partial charge in [0.15, 0.2) is 0 Å². The molecule has 1 aromatic rings. The van der Waals surface area contributed by atoms with Crippen LogP contribution in [0.25, 0.3) is 0 Å². The van der Waals surface area contributed by atoms with E-state index in [-0.39, 0.29) is 18.4 Å². The summed E-state index contributed by atoms with van der Waals surface area (Å²) in [6, 6.07) is 7.48. The first-order chi connectivity index (χ1) is 8.93. The van der Waals surface area contributed by atoms with Crippen molar-refractivity contribution >= 4 is 34.5 Å². The lowest BCUT2D eigenvalue weighted by atomic mass is 10.1. The van der Waals surface area contributed by atoms with E-state index in [1.807, 2.05) is 32.0 Å². The lowest BCUT2D eigenvalue weighted by Crippen LogP contribution is -2.38. The maximum Gasteiger partial charge on any atom is 0.303 e. The Balaban J connectivity index is 2.79. The van der Waals surface area contributed by atoms with Crippen molar-refractivity contribution in [3.63, 3.8) is 0 Å². The lowest BCUT2D eigenvalue weighted by molar-refractivity contribution is -0.137. The Hall–Kier alpha value is -1.11. The molecular formula is C14H18INO3. The van der Waals surface area contributed by atoms with E-state index in [0.717, 1.165) is 3.57 Å². The van der Waals surface area contributed by atoms with Crippen molar-refractivity contribution in [2.45, 2.75) is 32.7 Å². The molecule has 0 radical (unpaired) electrons. The zero-order valence-electron chi connectivity index (χ0n) is 11.1. The Kier molecular flexibility index (Phi) is 6.27. The highest BCUT2D eigenvalue weighted by Gasteiger charge is 2.20. The summed E-state index contributed by atoms with van der Waals surface area (Å²) in [7, 11) is 0. The maximum atomic E-state index is 12.5. The normalized spacial score (nSPS) is 10.5.